The predicted molar refractivity (Wildman–Crippen MR) is 130 cm³/mol. The highest BCUT2D eigenvalue weighted by atomic mass is 32.2. The van der Waals surface area contributed by atoms with E-state index in [0.717, 1.165) is 48.8 Å². The van der Waals surface area contributed by atoms with Gasteiger partial charge < -0.3 is 9.80 Å². The lowest BCUT2D eigenvalue weighted by molar-refractivity contribution is 0.313. The van der Waals surface area contributed by atoms with Crippen LogP contribution in [0, 0.1) is 0 Å². The lowest BCUT2D eigenvalue weighted by atomic mass is 10.1. The zero-order valence-corrected chi connectivity index (χ0v) is 19.7. The molecule has 7 nitrogen and oxygen atoms in total. The van der Waals surface area contributed by atoms with Gasteiger partial charge in [0.25, 0.3) is 0 Å². The van der Waals surface area contributed by atoms with Crippen molar-refractivity contribution in [1.82, 2.24) is 19.5 Å². The van der Waals surface area contributed by atoms with Crippen LogP contribution in [0.2, 0.25) is 0 Å². The van der Waals surface area contributed by atoms with Gasteiger partial charge in [0.05, 0.1) is 4.90 Å². The van der Waals surface area contributed by atoms with Gasteiger partial charge in [0, 0.05) is 56.3 Å². The molecule has 1 aliphatic heterocycles. The van der Waals surface area contributed by atoms with Crippen LogP contribution in [-0.2, 0) is 16.3 Å². The van der Waals surface area contributed by atoms with E-state index < -0.39 is 9.84 Å². The number of likely N-dealkylation sites (N-methyl/N-ethyl adjacent to an activating group) is 1. The van der Waals surface area contributed by atoms with Crippen molar-refractivity contribution >= 4 is 21.2 Å². The standard InChI is InChI=1S/C25H27N5O2S/c1-28-14-16-29(17-15-28)21-9-5-19(6-10-21)18-24-26-25-23(4-3-13-30(25)27-24)20-7-11-22(12-8-20)33(2,31)32/h3-13H,14-18H2,1-2H3. The van der Waals surface area contributed by atoms with Crippen LogP contribution in [0.1, 0.15) is 11.4 Å². The molecule has 4 aromatic rings. The molecule has 5 rings (SSSR count). The van der Waals surface area contributed by atoms with Gasteiger partial charge in [-0.2, -0.15) is 5.10 Å². The summed E-state index contributed by atoms with van der Waals surface area (Å²) >= 11 is 0. The third-order valence-corrected chi connectivity index (χ3v) is 7.30. The van der Waals surface area contributed by atoms with E-state index in [2.05, 4.69) is 46.2 Å². The first kappa shape index (κ1) is 21.6. The summed E-state index contributed by atoms with van der Waals surface area (Å²) in [5, 5.41) is 4.67. The second kappa shape index (κ2) is 8.61. The molecule has 0 amide bonds. The lowest BCUT2D eigenvalue weighted by Gasteiger charge is -2.34. The average molecular weight is 462 g/mol. The number of rotatable bonds is 5. The Labute approximate surface area is 194 Å². The number of anilines is 1. The molecular weight excluding hydrogens is 434 g/mol. The Morgan fingerprint density at radius 3 is 2.27 bits per heavy atom. The SMILES string of the molecule is CN1CCN(c2ccc(Cc3nc4c(-c5ccc(S(C)(=O)=O)cc5)cccn4n3)cc2)CC1. The highest BCUT2D eigenvalue weighted by Crippen LogP contribution is 2.25. The van der Waals surface area contributed by atoms with Gasteiger partial charge >= 0.3 is 0 Å². The van der Waals surface area contributed by atoms with Crippen molar-refractivity contribution < 1.29 is 8.42 Å². The third kappa shape index (κ3) is 4.62. The van der Waals surface area contributed by atoms with Crippen molar-refractivity contribution in [2.24, 2.45) is 0 Å². The summed E-state index contributed by atoms with van der Waals surface area (Å²) in [6, 6.07) is 19.5. The van der Waals surface area contributed by atoms with Crippen molar-refractivity contribution in [2.75, 3.05) is 44.4 Å². The number of fused-ring (bicyclic) bond motifs is 1. The van der Waals surface area contributed by atoms with Crippen molar-refractivity contribution in [3.05, 3.63) is 78.2 Å². The molecule has 0 unspecified atom stereocenters. The van der Waals surface area contributed by atoms with Gasteiger partial charge in [-0.25, -0.2) is 17.9 Å². The summed E-state index contributed by atoms with van der Waals surface area (Å²) in [6.07, 6.45) is 3.75. The summed E-state index contributed by atoms with van der Waals surface area (Å²) < 4.78 is 25.3. The molecule has 0 atom stereocenters. The van der Waals surface area contributed by atoms with Crippen LogP contribution in [-0.4, -0.2) is 67.4 Å². The zero-order valence-electron chi connectivity index (χ0n) is 18.8. The van der Waals surface area contributed by atoms with E-state index in [-0.39, 0.29) is 0 Å². The van der Waals surface area contributed by atoms with E-state index in [0.29, 0.717) is 11.3 Å². The number of benzene rings is 2. The fourth-order valence-electron chi connectivity index (χ4n) is 4.20. The molecule has 1 fully saturated rings. The molecular formula is C25H27N5O2S. The predicted octanol–water partition coefficient (Wildman–Crippen LogP) is 3.14. The van der Waals surface area contributed by atoms with Gasteiger partial charge in [-0.05, 0) is 54.6 Å². The molecule has 8 heteroatoms. The van der Waals surface area contributed by atoms with Crippen LogP contribution in [0.3, 0.4) is 0 Å². The van der Waals surface area contributed by atoms with Crippen molar-refractivity contribution in [2.45, 2.75) is 11.3 Å². The Balaban J connectivity index is 1.37. The molecule has 2 aromatic heterocycles. The van der Waals surface area contributed by atoms with Gasteiger partial charge in [-0.3, -0.25) is 0 Å². The largest absolute Gasteiger partial charge is 0.369 e. The maximum absolute atomic E-state index is 11.8. The van der Waals surface area contributed by atoms with E-state index in [9.17, 15) is 8.42 Å². The molecule has 0 aliphatic carbocycles. The molecule has 0 spiro atoms. The topological polar surface area (TPSA) is 70.8 Å². The number of aromatic nitrogens is 3. The number of pyridine rings is 1. The summed E-state index contributed by atoms with van der Waals surface area (Å²) in [4.78, 5) is 9.88. The maximum atomic E-state index is 11.8. The van der Waals surface area contributed by atoms with Gasteiger partial charge in [0.1, 0.15) is 0 Å². The van der Waals surface area contributed by atoms with E-state index in [1.165, 1.54) is 17.5 Å². The van der Waals surface area contributed by atoms with E-state index in [4.69, 9.17) is 4.98 Å². The Hall–Kier alpha value is -3.23. The number of nitrogens with zero attached hydrogens (tertiary/aromatic N) is 5. The molecule has 0 N–H and O–H groups in total. The monoisotopic (exact) mass is 461 g/mol. The first-order valence-electron chi connectivity index (χ1n) is 11.0. The number of piperazine rings is 1. The quantitative estimate of drug-likeness (QED) is 0.455. The van der Waals surface area contributed by atoms with Crippen molar-refractivity contribution in [3.8, 4) is 11.1 Å². The molecule has 1 aliphatic rings. The summed E-state index contributed by atoms with van der Waals surface area (Å²) in [5.74, 6) is 0.752. The Morgan fingerprint density at radius 2 is 1.61 bits per heavy atom. The second-order valence-corrected chi connectivity index (χ2v) is 10.7. The normalized spacial score (nSPS) is 15.3. The average Bonchev–Trinajstić information content (AvgIpc) is 3.22. The molecule has 3 heterocycles. The van der Waals surface area contributed by atoms with Crippen LogP contribution < -0.4 is 4.90 Å². The maximum Gasteiger partial charge on any atom is 0.175 e. The minimum atomic E-state index is -3.23. The van der Waals surface area contributed by atoms with E-state index >= 15 is 0 Å². The van der Waals surface area contributed by atoms with Gasteiger partial charge in [-0.1, -0.05) is 24.3 Å². The number of hydrogen-bond donors (Lipinski definition) is 0. The Bertz CT molecular complexity index is 1370. The van der Waals surface area contributed by atoms with Crippen LogP contribution in [0.5, 0.6) is 0 Å². The van der Waals surface area contributed by atoms with Gasteiger partial charge in [-0.15, -0.1) is 0 Å². The van der Waals surface area contributed by atoms with E-state index in [1.807, 2.05) is 30.5 Å². The van der Waals surface area contributed by atoms with Crippen molar-refractivity contribution in [1.29, 1.82) is 0 Å². The van der Waals surface area contributed by atoms with Crippen molar-refractivity contribution in [3.63, 3.8) is 0 Å². The minimum Gasteiger partial charge on any atom is -0.369 e. The van der Waals surface area contributed by atoms with Crippen LogP contribution in [0.15, 0.2) is 71.8 Å². The Morgan fingerprint density at radius 1 is 0.909 bits per heavy atom. The summed E-state index contributed by atoms with van der Waals surface area (Å²) in [7, 11) is -1.06. The molecule has 0 radical (unpaired) electrons. The zero-order chi connectivity index (χ0) is 23.0. The second-order valence-electron chi connectivity index (χ2n) is 8.65. The van der Waals surface area contributed by atoms with Crippen LogP contribution in [0.25, 0.3) is 16.8 Å². The Kier molecular flexibility index (Phi) is 5.64. The fraction of sp³-hybridized carbons (Fsp3) is 0.280. The first-order chi connectivity index (χ1) is 15.9. The molecule has 33 heavy (non-hydrogen) atoms. The highest BCUT2D eigenvalue weighted by molar-refractivity contribution is 7.90. The molecule has 170 valence electrons. The van der Waals surface area contributed by atoms with Gasteiger partial charge in [0.2, 0.25) is 0 Å². The lowest BCUT2D eigenvalue weighted by Crippen LogP contribution is -2.44. The summed E-state index contributed by atoms with van der Waals surface area (Å²) in [6.45, 7) is 4.29. The number of hydrogen-bond acceptors (Lipinski definition) is 6. The molecule has 0 saturated carbocycles. The molecule has 2 aromatic carbocycles. The van der Waals surface area contributed by atoms with Crippen LogP contribution in [0.4, 0.5) is 5.69 Å². The van der Waals surface area contributed by atoms with Gasteiger partial charge in [0.15, 0.2) is 21.3 Å². The van der Waals surface area contributed by atoms with E-state index in [1.54, 1.807) is 16.6 Å². The summed E-state index contributed by atoms with van der Waals surface area (Å²) in [5.41, 5.74) is 5.01. The number of sulfone groups is 1. The van der Waals surface area contributed by atoms with Crippen LogP contribution >= 0.6 is 0 Å². The fourth-order valence-corrected chi connectivity index (χ4v) is 4.83. The smallest absolute Gasteiger partial charge is 0.175 e. The minimum absolute atomic E-state index is 0.306. The molecule has 0 bridgehead atoms. The highest BCUT2D eigenvalue weighted by Gasteiger charge is 2.15. The third-order valence-electron chi connectivity index (χ3n) is 6.17. The first-order valence-corrected chi connectivity index (χ1v) is 12.9. The molecule has 1 saturated heterocycles.